The molecular formula is C13H16N+. The fourth-order valence-electron chi connectivity index (χ4n) is 2.02. The molecule has 1 unspecified atom stereocenters. The fraction of sp³-hybridized carbons (Fsp3) is 0.231. The van der Waals surface area contributed by atoms with E-state index in [1.807, 2.05) is 6.08 Å². The molecule has 0 saturated carbocycles. The normalized spacial score (nSPS) is 19.8. The standard InChI is InChI=1S/C13H15N/c1-3-6-11-9-10(2)12-7-4-5-8-13(12)14-11/h3-5,7-9,11,14H,1,6H2,2H3/p+1. The second-order valence-corrected chi connectivity index (χ2v) is 3.79. The van der Waals surface area contributed by atoms with Gasteiger partial charge in [0.1, 0.15) is 11.7 Å². The molecule has 0 aromatic heterocycles. The monoisotopic (exact) mass is 186 g/mol. The summed E-state index contributed by atoms with van der Waals surface area (Å²) in [4.78, 5) is 0. The molecular weight excluding hydrogens is 170 g/mol. The van der Waals surface area contributed by atoms with Gasteiger partial charge in [-0.15, -0.1) is 6.58 Å². The zero-order chi connectivity index (χ0) is 9.97. The van der Waals surface area contributed by atoms with Crippen molar-refractivity contribution in [3.05, 3.63) is 48.6 Å². The molecule has 1 aromatic rings. The average molecular weight is 186 g/mol. The largest absolute Gasteiger partial charge is 0.307 e. The van der Waals surface area contributed by atoms with Crippen molar-refractivity contribution in [2.45, 2.75) is 19.4 Å². The first-order valence-corrected chi connectivity index (χ1v) is 5.05. The first-order chi connectivity index (χ1) is 6.81. The van der Waals surface area contributed by atoms with E-state index >= 15 is 0 Å². The Labute approximate surface area is 85.2 Å². The zero-order valence-corrected chi connectivity index (χ0v) is 8.53. The number of quaternary nitrogens is 1. The minimum atomic E-state index is 0.530. The Morgan fingerprint density at radius 3 is 3.00 bits per heavy atom. The smallest absolute Gasteiger partial charge is 0.137 e. The molecule has 0 radical (unpaired) electrons. The summed E-state index contributed by atoms with van der Waals surface area (Å²) in [5, 5.41) is 2.32. The van der Waals surface area contributed by atoms with Crippen LogP contribution < -0.4 is 5.32 Å². The summed E-state index contributed by atoms with van der Waals surface area (Å²) in [7, 11) is 0. The first kappa shape index (κ1) is 9.22. The Kier molecular flexibility index (Phi) is 2.51. The second kappa shape index (κ2) is 3.81. The van der Waals surface area contributed by atoms with Gasteiger partial charge in [-0.3, -0.25) is 0 Å². The summed E-state index contributed by atoms with van der Waals surface area (Å²) in [5.41, 5.74) is 4.11. The molecule has 1 aromatic carbocycles. The van der Waals surface area contributed by atoms with Crippen LogP contribution in [-0.4, -0.2) is 6.04 Å². The van der Waals surface area contributed by atoms with Gasteiger partial charge in [-0.2, -0.15) is 0 Å². The van der Waals surface area contributed by atoms with Crippen LogP contribution in [0.25, 0.3) is 5.57 Å². The summed E-state index contributed by atoms with van der Waals surface area (Å²) < 4.78 is 0. The maximum absolute atomic E-state index is 3.79. The fourth-order valence-corrected chi connectivity index (χ4v) is 2.02. The van der Waals surface area contributed by atoms with Gasteiger partial charge in [0.2, 0.25) is 0 Å². The highest BCUT2D eigenvalue weighted by Gasteiger charge is 2.18. The summed E-state index contributed by atoms with van der Waals surface area (Å²) in [6.07, 6.45) is 5.34. The predicted octanol–water partition coefficient (Wildman–Crippen LogP) is 2.24. The number of benzene rings is 1. The lowest BCUT2D eigenvalue weighted by Crippen LogP contribution is -2.85. The molecule has 0 aliphatic carbocycles. The van der Waals surface area contributed by atoms with Crippen LogP contribution in [0.1, 0.15) is 18.9 Å². The van der Waals surface area contributed by atoms with E-state index in [4.69, 9.17) is 0 Å². The molecule has 1 heteroatoms. The molecule has 1 aliphatic heterocycles. The minimum Gasteiger partial charge on any atom is -0.307 e. The van der Waals surface area contributed by atoms with Crippen LogP contribution in [0.3, 0.4) is 0 Å². The maximum Gasteiger partial charge on any atom is 0.137 e. The molecule has 0 bridgehead atoms. The zero-order valence-electron chi connectivity index (χ0n) is 8.53. The van der Waals surface area contributed by atoms with E-state index in [2.05, 4.69) is 49.2 Å². The van der Waals surface area contributed by atoms with Gasteiger partial charge >= 0.3 is 0 Å². The van der Waals surface area contributed by atoms with Crippen LogP contribution in [0.5, 0.6) is 0 Å². The van der Waals surface area contributed by atoms with E-state index in [0.717, 1.165) is 6.42 Å². The number of hydrogen-bond donors (Lipinski definition) is 1. The quantitative estimate of drug-likeness (QED) is 0.539. The lowest BCUT2D eigenvalue weighted by molar-refractivity contribution is -0.599. The van der Waals surface area contributed by atoms with Gasteiger partial charge in [-0.05, 0) is 30.7 Å². The van der Waals surface area contributed by atoms with Crippen LogP contribution in [0.4, 0.5) is 5.69 Å². The van der Waals surface area contributed by atoms with Crippen LogP contribution in [0.2, 0.25) is 0 Å². The molecule has 0 saturated heterocycles. The Bertz CT molecular complexity index is 377. The van der Waals surface area contributed by atoms with E-state index in [1.165, 1.54) is 16.8 Å². The molecule has 2 rings (SSSR count). The van der Waals surface area contributed by atoms with Crippen molar-refractivity contribution in [2.24, 2.45) is 0 Å². The number of fused-ring (bicyclic) bond motifs is 1. The van der Waals surface area contributed by atoms with Gasteiger partial charge in [0.15, 0.2) is 0 Å². The van der Waals surface area contributed by atoms with Crippen LogP contribution >= 0.6 is 0 Å². The SMILES string of the molecule is C=CCC1C=C(C)c2ccccc2[NH2+]1. The molecule has 72 valence electrons. The third-order valence-electron chi connectivity index (χ3n) is 2.68. The summed E-state index contributed by atoms with van der Waals surface area (Å²) in [6, 6.07) is 9.09. The number of hydrogen-bond acceptors (Lipinski definition) is 0. The van der Waals surface area contributed by atoms with Gasteiger partial charge in [0.25, 0.3) is 0 Å². The molecule has 1 nitrogen and oxygen atoms in total. The van der Waals surface area contributed by atoms with Gasteiger partial charge in [0.05, 0.1) is 0 Å². The van der Waals surface area contributed by atoms with Crippen molar-refractivity contribution in [1.82, 2.24) is 0 Å². The summed E-state index contributed by atoms with van der Waals surface area (Å²) >= 11 is 0. The van der Waals surface area contributed by atoms with Crippen molar-refractivity contribution in [2.75, 3.05) is 0 Å². The molecule has 1 atom stereocenters. The van der Waals surface area contributed by atoms with Crippen molar-refractivity contribution < 1.29 is 5.32 Å². The molecule has 1 heterocycles. The van der Waals surface area contributed by atoms with E-state index in [1.54, 1.807) is 0 Å². The topological polar surface area (TPSA) is 16.6 Å². The maximum atomic E-state index is 3.79. The van der Waals surface area contributed by atoms with E-state index < -0.39 is 0 Å². The number of rotatable bonds is 2. The van der Waals surface area contributed by atoms with Crippen LogP contribution in [0, 0.1) is 0 Å². The highest BCUT2D eigenvalue weighted by molar-refractivity contribution is 5.72. The highest BCUT2D eigenvalue weighted by Crippen LogP contribution is 2.23. The predicted molar refractivity (Wildman–Crippen MR) is 60.3 cm³/mol. The molecule has 1 aliphatic rings. The number of para-hydroxylation sites is 1. The number of allylic oxidation sites excluding steroid dienone is 1. The minimum absolute atomic E-state index is 0.530. The Hall–Kier alpha value is -1.34. The number of nitrogens with two attached hydrogens (primary N) is 1. The molecule has 0 fully saturated rings. The van der Waals surface area contributed by atoms with Gasteiger partial charge in [-0.25, -0.2) is 0 Å². The summed E-state index contributed by atoms with van der Waals surface area (Å²) in [5.74, 6) is 0. The molecule has 14 heavy (non-hydrogen) atoms. The molecule has 2 N–H and O–H groups in total. The van der Waals surface area contributed by atoms with Gasteiger partial charge in [-0.1, -0.05) is 18.2 Å². The second-order valence-electron chi connectivity index (χ2n) is 3.79. The van der Waals surface area contributed by atoms with Crippen LogP contribution in [-0.2, 0) is 0 Å². The Morgan fingerprint density at radius 2 is 2.21 bits per heavy atom. The lowest BCUT2D eigenvalue weighted by atomic mass is 9.97. The molecule has 0 spiro atoms. The Balaban J connectivity index is 2.34. The van der Waals surface area contributed by atoms with Crippen LogP contribution in [0.15, 0.2) is 43.0 Å². The average Bonchev–Trinajstić information content (AvgIpc) is 2.18. The Morgan fingerprint density at radius 1 is 1.43 bits per heavy atom. The first-order valence-electron chi connectivity index (χ1n) is 5.05. The summed E-state index contributed by atoms with van der Waals surface area (Å²) in [6.45, 7) is 5.97. The molecule has 0 amide bonds. The van der Waals surface area contributed by atoms with Crippen molar-refractivity contribution >= 4 is 11.3 Å². The third kappa shape index (κ3) is 1.64. The van der Waals surface area contributed by atoms with Crippen molar-refractivity contribution in [3.63, 3.8) is 0 Å². The van der Waals surface area contributed by atoms with Crippen molar-refractivity contribution in [1.29, 1.82) is 0 Å². The van der Waals surface area contributed by atoms with E-state index in [0.29, 0.717) is 6.04 Å². The lowest BCUT2D eigenvalue weighted by Gasteiger charge is -2.19. The third-order valence-corrected chi connectivity index (χ3v) is 2.68. The van der Waals surface area contributed by atoms with Crippen molar-refractivity contribution in [3.8, 4) is 0 Å². The van der Waals surface area contributed by atoms with Gasteiger partial charge in [0, 0.05) is 12.0 Å². The van der Waals surface area contributed by atoms with E-state index in [9.17, 15) is 0 Å². The van der Waals surface area contributed by atoms with Gasteiger partial charge < -0.3 is 5.32 Å². The van der Waals surface area contributed by atoms with E-state index in [-0.39, 0.29) is 0 Å². The highest BCUT2D eigenvalue weighted by atomic mass is 14.9.